The van der Waals surface area contributed by atoms with Crippen molar-refractivity contribution in [2.45, 2.75) is 31.8 Å². The first-order valence-corrected chi connectivity index (χ1v) is 9.70. The molecule has 1 fully saturated rings. The normalized spacial score (nSPS) is 18.1. The van der Waals surface area contributed by atoms with Crippen molar-refractivity contribution in [2.24, 2.45) is 0 Å². The van der Waals surface area contributed by atoms with Crippen LogP contribution in [-0.4, -0.2) is 54.3 Å². The van der Waals surface area contributed by atoms with Crippen LogP contribution in [0.4, 0.5) is 0 Å². The third-order valence-corrected chi connectivity index (χ3v) is 5.56. The minimum absolute atomic E-state index is 0.0977. The molecule has 3 heterocycles. The molecule has 1 atom stereocenters. The van der Waals surface area contributed by atoms with Crippen LogP contribution >= 0.6 is 0 Å². The fourth-order valence-corrected chi connectivity index (χ4v) is 4.12. The highest BCUT2D eigenvalue weighted by atomic mass is 16.5. The van der Waals surface area contributed by atoms with E-state index in [9.17, 15) is 4.79 Å². The van der Waals surface area contributed by atoms with Crippen molar-refractivity contribution in [1.29, 1.82) is 0 Å². The number of amides is 1. The molecule has 0 saturated carbocycles. The van der Waals surface area contributed by atoms with E-state index in [1.165, 1.54) is 12.8 Å². The summed E-state index contributed by atoms with van der Waals surface area (Å²) >= 11 is 0. The second-order valence-corrected chi connectivity index (χ2v) is 7.17. The highest BCUT2D eigenvalue weighted by Gasteiger charge is 2.28. The number of hydrogen-bond donors (Lipinski definition) is 3. The van der Waals surface area contributed by atoms with E-state index in [2.05, 4.69) is 31.8 Å². The van der Waals surface area contributed by atoms with Crippen LogP contribution in [0.1, 0.15) is 46.2 Å². The zero-order valence-corrected chi connectivity index (χ0v) is 15.8. The number of aromatic amines is 1. The zero-order valence-electron chi connectivity index (χ0n) is 15.8. The molecule has 0 spiro atoms. The van der Waals surface area contributed by atoms with Crippen LogP contribution in [0.2, 0.25) is 0 Å². The Morgan fingerprint density at radius 1 is 1.33 bits per heavy atom. The number of carbonyl (C=O) groups excluding carboxylic acids is 1. The third kappa shape index (κ3) is 3.70. The highest BCUT2D eigenvalue weighted by Crippen LogP contribution is 2.31. The zero-order chi connectivity index (χ0) is 18.6. The fourth-order valence-electron chi connectivity index (χ4n) is 4.12. The van der Waals surface area contributed by atoms with Gasteiger partial charge in [0.1, 0.15) is 5.75 Å². The Morgan fingerprint density at radius 2 is 2.15 bits per heavy atom. The number of para-hydroxylation sites is 1. The van der Waals surface area contributed by atoms with E-state index < -0.39 is 0 Å². The molecule has 2 aliphatic heterocycles. The van der Waals surface area contributed by atoms with Gasteiger partial charge in [-0.15, -0.1) is 0 Å². The number of rotatable bonds is 6. The smallest absolute Gasteiger partial charge is 0.272 e. The maximum Gasteiger partial charge on any atom is 0.272 e. The summed E-state index contributed by atoms with van der Waals surface area (Å²) < 4.78 is 5.57. The minimum atomic E-state index is -0.115. The Bertz CT molecular complexity index is 797. The number of fused-ring (bicyclic) bond motifs is 1. The molecule has 0 bridgehead atoms. The molecule has 144 valence electrons. The van der Waals surface area contributed by atoms with Gasteiger partial charge in [-0.3, -0.25) is 14.8 Å². The molecule has 4 rings (SSSR count). The minimum Gasteiger partial charge on any atom is -0.496 e. The van der Waals surface area contributed by atoms with Gasteiger partial charge in [0.25, 0.3) is 5.91 Å². The summed E-state index contributed by atoms with van der Waals surface area (Å²) in [5, 5.41) is 13.7. The van der Waals surface area contributed by atoms with Gasteiger partial charge in [-0.25, -0.2) is 0 Å². The molecule has 7 heteroatoms. The van der Waals surface area contributed by atoms with Crippen LogP contribution in [0.5, 0.6) is 5.75 Å². The quantitative estimate of drug-likeness (QED) is 0.721. The SMILES string of the molecule is COc1ccccc1C(CNC(=O)c1n[nH]c2c1CNCC2)N1CCCC1. The number of carbonyl (C=O) groups is 1. The van der Waals surface area contributed by atoms with Crippen LogP contribution in [0.25, 0.3) is 0 Å². The number of hydrogen-bond acceptors (Lipinski definition) is 5. The number of aromatic nitrogens is 2. The molecule has 1 saturated heterocycles. The van der Waals surface area contributed by atoms with E-state index in [1.807, 2.05) is 18.2 Å². The topological polar surface area (TPSA) is 82.3 Å². The van der Waals surface area contributed by atoms with Gasteiger partial charge < -0.3 is 15.4 Å². The second-order valence-electron chi connectivity index (χ2n) is 7.17. The molecule has 7 nitrogen and oxygen atoms in total. The fraction of sp³-hybridized carbons (Fsp3) is 0.500. The Kier molecular flexibility index (Phi) is 5.40. The third-order valence-electron chi connectivity index (χ3n) is 5.56. The Morgan fingerprint density at radius 3 is 2.96 bits per heavy atom. The highest BCUT2D eigenvalue weighted by molar-refractivity contribution is 5.94. The van der Waals surface area contributed by atoms with Gasteiger partial charge >= 0.3 is 0 Å². The first-order chi connectivity index (χ1) is 13.3. The Labute approximate surface area is 159 Å². The average molecular weight is 369 g/mol. The van der Waals surface area contributed by atoms with E-state index in [-0.39, 0.29) is 11.9 Å². The van der Waals surface area contributed by atoms with Crippen molar-refractivity contribution in [3.63, 3.8) is 0 Å². The van der Waals surface area contributed by atoms with Gasteiger partial charge in [0.05, 0.1) is 13.2 Å². The number of ether oxygens (including phenoxy) is 1. The summed E-state index contributed by atoms with van der Waals surface area (Å²) in [6.45, 7) is 4.23. The van der Waals surface area contributed by atoms with E-state index in [1.54, 1.807) is 7.11 Å². The van der Waals surface area contributed by atoms with Gasteiger partial charge in [-0.1, -0.05) is 18.2 Å². The molecular weight excluding hydrogens is 342 g/mol. The molecule has 0 aliphatic carbocycles. The summed E-state index contributed by atoms with van der Waals surface area (Å²) in [7, 11) is 1.70. The lowest BCUT2D eigenvalue weighted by Crippen LogP contribution is -2.37. The molecule has 1 aromatic carbocycles. The summed E-state index contributed by atoms with van der Waals surface area (Å²) in [4.78, 5) is 15.2. The molecular formula is C20H27N5O2. The lowest BCUT2D eigenvalue weighted by Gasteiger charge is -2.29. The first-order valence-electron chi connectivity index (χ1n) is 9.70. The predicted octanol–water partition coefficient (Wildman–Crippen LogP) is 1.63. The number of nitrogens with zero attached hydrogens (tertiary/aromatic N) is 2. The van der Waals surface area contributed by atoms with Crippen molar-refractivity contribution < 1.29 is 9.53 Å². The maximum absolute atomic E-state index is 12.8. The van der Waals surface area contributed by atoms with E-state index >= 15 is 0 Å². The maximum atomic E-state index is 12.8. The van der Waals surface area contributed by atoms with Crippen molar-refractivity contribution in [1.82, 2.24) is 25.7 Å². The summed E-state index contributed by atoms with van der Waals surface area (Å²) in [5.74, 6) is 0.750. The summed E-state index contributed by atoms with van der Waals surface area (Å²) in [6.07, 6.45) is 3.27. The average Bonchev–Trinajstić information content (AvgIpc) is 3.38. The number of nitrogens with one attached hydrogen (secondary N) is 3. The number of H-pyrrole nitrogens is 1. The molecule has 1 unspecified atom stereocenters. The molecule has 2 aliphatic rings. The Hall–Kier alpha value is -2.38. The molecule has 3 N–H and O–H groups in total. The van der Waals surface area contributed by atoms with Gasteiger partial charge in [0, 0.05) is 42.9 Å². The lowest BCUT2D eigenvalue weighted by atomic mass is 10.0. The molecule has 1 amide bonds. The van der Waals surface area contributed by atoms with E-state index in [4.69, 9.17) is 4.74 Å². The monoisotopic (exact) mass is 369 g/mol. The van der Waals surface area contributed by atoms with Crippen LogP contribution in [0.3, 0.4) is 0 Å². The van der Waals surface area contributed by atoms with Crippen LogP contribution in [0, 0.1) is 0 Å². The second kappa shape index (κ2) is 8.10. The number of methoxy groups -OCH3 is 1. The standard InChI is InChI=1S/C20H27N5O2/c1-27-18-7-3-2-6-14(18)17(25-10-4-5-11-25)13-22-20(26)19-15-12-21-9-8-16(15)23-24-19/h2-3,6-7,17,21H,4-5,8-13H2,1H3,(H,22,26)(H,23,24). The Balaban J connectivity index is 1.52. The van der Waals surface area contributed by atoms with Crippen molar-refractivity contribution >= 4 is 5.91 Å². The van der Waals surface area contributed by atoms with Gasteiger partial charge in [0.15, 0.2) is 5.69 Å². The van der Waals surface area contributed by atoms with Gasteiger partial charge in [-0.05, 0) is 32.0 Å². The van der Waals surface area contributed by atoms with Crippen LogP contribution in [-0.2, 0) is 13.0 Å². The summed E-state index contributed by atoms with van der Waals surface area (Å²) in [5.41, 5.74) is 3.69. The number of benzene rings is 1. The number of likely N-dealkylation sites (tertiary alicyclic amines) is 1. The molecule has 2 aromatic rings. The molecule has 1 aromatic heterocycles. The van der Waals surface area contributed by atoms with Crippen molar-refractivity contribution in [3.8, 4) is 5.75 Å². The van der Waals surface area contributed by atoms with E-state index in [0.717, 1.165) is 48.6 Å². The predicted molar refractivity (Wildman–Crippen MR) is 103 cm³/mol. The van der Waals surface area contributed by atoms with Gasteiger partial charge in [-0.2, -0.15) is 5.10 Å². The van der Waals surface area contributed by atoms with Crippen LogP contribution < -0.4 is 15.4 Å². The van der Waals surface area contributed by atoms with Crippen molar-refractivity contribution in [3.05, 3.63) is 46.8 Å². The van der Waals surface area contributed by atoms with Gasteiger partial charge in [0.2, 0.25) is 0 Å². The molecule has 27 heavy (non-hydrogen) atoms. The largest absolute Gasteiger partial charge is 0.496 e. The van der Waals surface area contributed by atoms with Crippen molar-refractivity contribution in [2.75, 3.05) is 33.3 Å². The first kappa shape index (κ1) is 18.0. The molecule has 0 radical (unpaired) electrons. The van der Waals surface area contributed by atoms with E-state index in [0.29, 0.717) is 18.8 Å². The lowest BCUT2D eigenvalue weighted by molar-refractivity contribution is 0.0931. The summed E-state index contributed by atoms with van der Waals surface area (Å²) in [6, 6.07) is 8.17. The van der Waals surface area contributed by atoms with Crippen LogP contribution in [0.15, 0.2) is 24.3 Å².